The Morgan fingerprint density at radius 1 is 1.31 bits per heavy atom. The van der Waals surface area contributed by atoms with Crippen LogP contribution in [-0.4, -0.2) is 18.0 Å². The summed E-state index contributed by atoms with van der Waals surface area (Å²) in [4.78, 5) is 11.9. The van der Waals surface area contributed by atoms with Gasteiger partial charge in [0, 0.05) is 6.54 Å². The van der Waals surface area contributed by atoms with Crippen molar-refractivity contribution in [3.05, 3.63) is 0 Å². The van der Waals surface area contributed by atoms with Crippen LogP contribution >= 0.6 is 0 Å². The fourth-order valence-corrected chi connectivity index (χ4v) is 2.30. The van der Waals surface area contributed by atoms with Crippen molar-refractivity contribution in [1.29, 1.82) is 0 Å². The second-order valence-electron chi connectivity index (χ2n) is 5.51. The summed E-state index contributed by atoms with van der Waals surface area (Å²) in [6, 6.07) is 0. The molecule has 1 rings (SSSR count). The summed E-state index contributed by atoms with van der Waals surface area (Å²) in [5, 5.41) is 2.98. The summed E-state index contributed by atoms with van der Waals surface area (Å²) in [5.74, 6) is 0.773. The van der Waals surface area contributed by atoms with Crippen molar-refractivity contribution in [2.24, 2.45) is 11.7 Å². The lowest BCUT2D eigenvalue weighted by Gasteiger charge is -2.31. The van der Waals surface area contributed by atoms with Gasteiger partial charge >= 0.3 is 0 Å². The zero-order valence-electron chi connectivity index (χ0n) is 10.7. The van der Waals surface area contributed by atoms with Gasteiger partial charge in [0.1, 0.15) is 0 Å². The van der Waals surface area contributed by atoms with Gasteiger partial charge in [-0.25, -0.2) is 0 Å². The van der Waals surface area contributed by atoms with Crippen molar-refractivity contribution < 1.29 is 4.79 Å². The van der Waals surface area contributed by atoms with Gasteiger partial charge in [0.05, 0.1) is 5.54 Å². The third kappa shape index (κ3) is 4.12. The van der Waals surface area contributed by atoms with Crippen LogP contribution in [0.15, 0.2) is 0 Å². The molecule has 0 saturated heterocycles. The molecule has 0 aromatic rings. The van der Waals surface area contributed by atoms with Crippen molar-refractivity contribution in [2.45, 2.75) is 64.3 Å². The van der Waals surface area contributed by atoms with Crippen molar-refractivity contribution in [3.63, 3.8) is 0 Å². The van der Waals surface area contributed by atoms with Crippen LogP contribution in [0.25, 0.3) is 0 Å². The summed E-state index contributed by atoms with van der Waals surface area (Å²) in [5.41, 5.74) is 5.56. The first kappa shape index (κ1) is 13.5. The molecule has 1 aliphatic rings. The Kier molecular flexibility index (Phi) is 5.26. The minimum atomic E-state index is -0.573. The lowest BCUT2D eigenvalue weighted by atomic mass is 9.82. The van der Waals surface area contributed by atoms with Crippen molar-refractivity contribution in [3.8, 4) is 0 Å². The van der Waals surface area contributed by atoms with Gasteiger partial charge in [-0.2, -0.15) is 0 Å². The highest BCUT2D eigenvalue weighted by Crippen LogP contribution is 2.25. The summed E-state index contributed by atoms with van der Waals surface area (Å²) in [6.45, 7) is 5.18. The number of carbonyl (C=O) groups is 1. The van der Waals surface area contributed by atoms with Crippen molar-refractivity contribution in [2.75, 3.05) is 6.54 Å². The Morgan fingerprint density at radius 3 is 2.50 bits per heavy atom. The van der Waals surface area contributed by atoms with E-state index in [-0.39, 0.29) is 5.91 Å². The van der Waals surface area contributed by atoms with Crippen molar-refractivity contribution >= 4 is 5.91 Å². The summed E-state index contributed by atoms with van der Waals surface area (Å²) in [7, 11) is 0. The standard InChI is InChI=1S/C13H26N2O/c1-11(2)7-6-10-15-12(16)13(14)8-4-3-5-9-13/h11H,3-10,14H2,1-2H3,(H,15,16). The highest BCUT2D eigenvalue weighted by atomic mass is 16.2. The first-order valence-electron chi connectivity index (χ1n) is 6.62. The van der Waals surface area contributed by atoms with Crippen LogP contribution in [-0.2, 0) is 4.79 Å². The molecule has 0 atom stereocenters. The third-order valence-corrected chi connectivity index (χ3v) is 3.44. The molecule has 0 bridgehead atoms. The SMILES string of the molecule is CC(C)CCCNC(=O)C1(N)CCCCC1. The molecular weight excluding hydrogens is 200 g/mol. The molecule has 0 radical (unpaired) electrons. The van der Waals surface area contributed by atoms with E-state index >= 15 is 0 Å². The lowest BCUT2D eigenvalue weighted by Crippen LogP contribution is -2.55. The molecule has 0 spiro atoms. The second kappa shape index (κ2) is 6.24. The quantitative estimate of drug-likeness (QED) is 0.706. The van der Waals surface area contributed by atoms with E-state index in [1.54, 1.807) is 0 Å². The first-order chi connectivity index (χ1) is 7.54. The predicted octanol–water partition coefficient (Wildman–Crippen LogP) is 2.20. The van der Waals surface area contributed by atoms with Crippen LogP contribution < -0.4 is 11.1 Å². The molecule has 1 amide bonds. The fourth-order valence-electron chi connectivity index (χ4n) is 2.30. The van der Waals surface area contributed by atoms with Gasteiger partial charge in [0.25, 0.3) is 0 Å². The zero-order valence-corrected chi connectivity index (χ0v) is 10.7. The van der Waals surface area contributed by atoms with E-state index in [4.69, 9.17) is 5.73 Å². The molecule has 1 aliphatic carbocycles. The van der Waals surface area contributed by atoms with Gasteiger partial charge < -0.3 is 11.1 Å². The monoisotopic (exact) mass is 226 g/mol. The maximum atomic E-state index is 11.9. The highest BCUT2D eigenvalue weighted by molar-refractivity contribution is 5.86. The van der Waals surface area contributed by atoms with Crippen LogP contribution in [0.1, 0.15) is 58.8 Å². The van der Waals surface area contributed by atoms with Crippen LogP contribution in [0, 0.1) is 5.92 Å². The van der Waals surface area contributed by atoms with E-state index in [0.29, 0.717) is 5.92 Å². The van der Waals surface area contributed by atoms with Gasteiger partial charge in [0.15, 0.2) is 0 Å². The number of hydrogen-bond acceptors (Lipinski definition) is 2. The molecular formula is C13H26N2O. The molecule has 3 nitrogen and oxygen atoms in total. The Bertz CT molecular complexity index is 220. The van der Waals surface area contributed by atoms with Crippen LogP contribution in [0.3, 0.4) is 0 Å². The number of amides is 1. The molecule has 94 valence electrons. The van der Waals surface area contributed by atoms with Crippen LogP contribution in [0.5, 0.6) is 0 Å². The van der Waals surface area contributed by atoms with E-state index in [0.717, 1.165) is 45.1 Å². The Hall–Kier alpha value is -0.570. The number of nitrogens with one attached hydrogen (secondary N) is 1. The van der Waals surface area contributed by atoms with E-state index in [9.17, 15) is 4.79 Å². The maximum Gasteiger partial charge on any atom is 0.240 e. The molecule has 3 heteroatoms. The zero-order chi connectivity index (χ0) is 12.0. The highest BCUT2D eigenvalue weighted by Gasteiger charge is 2.34. The number of hydrogen-bond donors (Lipinski definition) is 2. The minimum Gasteiger partial charge on any atom is -0.355 e. The van der Waals surface area contributed by atoms with Crippen LogP contribution in [0.2, 0.25) is 0 Å². The normalized spacial score (nSPS) is 19.8. The predicted molar refractivity (Wildman–Crippen MR) is 67.1 cm³/mol. The maximum absolute atomic E-state index is 11.9. The molecule has 0 unspecified atom stereocenters. The Balaban J connectivity index is 2.23. The molecule has 3 N–H and O–H groups in total. The average Bonchev–Trinajstić information content (AvgIpc) is 2.25. The Labute approximate surface area is 99.2 Å². The summed E-state index contributed by atoms with van der Waals surface area (Å²) >= 11 is 0. The Morgan fingerprint density at radius 2 is 1.94 bits per heavy atom. The number of nitrogens with two attached hydrogens (primary N) is 1. The summed E-state index contributed by atoms with van der Waals surface area (Å²) in [6.07, 6.45) is 7.33. The molecule has 0 aromatic heterocycles. The minimum absolute atomic E-state index is 0.0657. The molecule has 16 heavy (non-hydrogen) atoms. The summed E-state index contributed by atoms with van der Waals surface area (Å²) < 4.78 is 0. The van der Waals surface area contributed by atoms with Gasteiger partial charge in [-0.15, -0.1) is 0 Å². The average molecular weight is 226 g/mol. The topological polar surface area (TPSA) is 55.1 Å². The fraction of sp³-hybridized carbons (Fsp3) is 0.923. The number of carbonyl (C=O) groups excluding carboxylic acids is 1. The molecule has 0 aliphatic heterocycles. The van der Waals surface area contributed by atoms with E-state index in [2.05, 4.69) is 19.2 Å². The molecule has 1 fully saturated rings. The molecule has 0 heterocycles. The van der Waals surface area contributed by atoms with E-state index in [1.165, 1.54) is 6.42 Å². The smallest absolute Gasteiger partial charge is 0.240 e. The van der Waals surface area contributed by atoms with Gasteiger partial charge in [0.2, 0.25) is 5.91 Å². The van der Waals surface area contributed by atoms with E-state index < -0.39 is 5.54 Å². The van der Waals surface area contributed by atoms with Gasteiger partial charge in [-0.1, -0.05) is 33.1 Å². The lowest BCUT2D eigenvalue weighted by molar-refractivity contribution is -0.127. The van der Waals surface area contributed by atoms with Crippen molar-refractivity contribution in [1.82, 2.24) is 5.32 Å². The third-order valence-electron chi connectivity index (χ3n) is 3.44. The van der Waals surface area contributed by atoms with Crippen LogP contribution in [0.4, 0.5) is 0 Å². The van der Waals surface area contributed by atoms with Gasteiger partial charge in [-0.05, 0) is 31.6 Å². The molecule has 1 saturated carbocycles. The molecule has 0 aromatic carbocycles. The largest absolute Gasteiger partial charge is 0.355 e. The number of rotatable bonds is 5. The van der Waals surface area contributed by atoms with Gasteiger partial charge in [-0.3, -0.25) is 4.79 Å². The first-order valence-corrected chi connectivity index (χ1v) is 6.62. The van der Waals surface area contributed by atoms with E-state index in [1.807, 2.05) is 0 Å². The second-order valence-corrected chi connectivity index (χ2v) is 5.51.